The number of hydrogen-bond acceptors (Lipinski definition) is 4. The Hall–Kier alpha value is -2.49. The number of esters is 1. The zero-order chi connectivity index (χ0) is 14.9. The fourth-order valence-electron chi connectivity index (χ4n) is 2.22. The van der Waals surface area contributed by atoms with E-state index in [9.17, 15) is 4.79 Å². The van der Waals surface area contributed by atoms with Gasteiger partial charge in [-0.15, -0.1) is 0 Å². The van der Waals surface area contributed by atoms with Crippen molar-refractivity contribution >= 4 is 5.97 Å². The molecule has 1 fully saturated rings. The van der Waals surface area contributed by atoms with Crippen LogP contribution in [0.3, 0.4) is 0 Å². The van der Waals surface area contributed by atoms with Gasteiger partial charge in [-0.05, 0) is 38.1 Å². The van der Waals surface area contributed by atoms with Crippen LogP contribution in [0.4, 0.5) is 0 Å². The van der Waals surface area contributed by atoms with Crippen molar-refractivity contribution in [2.45, 2.75) is 25.2 Å². The molecule has 2 aromatic rings. The monoisotopic (exact) mass is 284 g/mol. The molecule has 1 heterocycles. The molecule has 1 aliphatic rings. The van der Waals surface area contributed by atoms with Gasteiger partial charge in [-0.3, -0.25) is 0 Å². The van der Waals surface area contributed by atoms with Crippen LogP contribution < -0.4 is 9.47 Å². The lowest BCUT2D eigenvalue weighted by Crippen LogP contribution is -2.75. The predicted molar refractivity (Wildman–Crippen MR) is 77.0 cm³/mol. The normalized spacial score (nSPS) is 18.3. The molecular weight excluding hydrogens is 268 g/mol. The molecule has 3 rings (SSSR count). The molecule has 0 amide bonds. The van der Waals surface area contributed by atoms with Crippen LogP contribution in [0.5, 0.6) is 11.5 Å². The Bertz CT molecular complexity index is 593. The molecule has 0 aromatic heterocycles. The Morgan fingerprint density at radius 1 is 0.810 bits per heavy atom. The number of carbonyl (C=O) groups is 1. The van der Waals surface area contributed by atoms with E-state index < -0.39 is 17.4 Å². The molecule has 0 bridgehead atoms. The van der Waals surface area contributed by atoms with E-state index in [1.54, 1.807) is 38.1 Å². The van der Waals surface area contributed by atoms with Crippen LogP contribution in [-0.4, -0.2) is 17.4 Å². The van der Waals surface area contributed by atoms with Gasteiger partial charge in [0.2, 0.25) is 0 Å². The SMILES string of the molecule is CC1(C)OC(=O)C1(Oc1ccccc1)Oc1ccccc1. The summed E-state index contributed by atoms with van der Waals surface area (Å²) in [6.07, 6.45) is 0. The molecule has 0 spiro atoms. The average Bonchev–Trinajstić information content (AvgIpc) is 2.48. The number of rotatable bonds is 4. The number of hydrogen-bond donors (Lipinski definition) is 0. The minimum atomic E-state index is -1.48. The molecule has 0 N–H and O–H groups in total. The fraction of sp³-hybridized carbons (Fsp3) is 0.235. The van der Waals surface area contributed by atoms with E-state index in [4.69, 9.17) is 14.2 Å². The molecule has 108 valence electrons. The van der Waals surface area contributed by atoms with Gasteiger partial charge in [0.25, 0.3) is 0 Å². The van der Waals surface area contributed by atoms with E-state index >= 15 is 0 Å². The number of carbonyl (C=O) groups excluding carboxylic acids is 1. The van der Waals surface area contributed by atoms with Crippen LogP contribution in [0.15, 0.2) is 60.7 Å². The van der Waals surface area contributed by atoms with Gasteiger partial charge in [0, 0.05) is 0 Å². The number of ether oxygens (including phenoxy) is 3. The first-order valence-corrected chi connectivity index (χ1v) is 6.75. The van der Waals surface area contributed by atoms with Crippen molar-refractivity contribution < 1.29 is 19.0 Å². The highest BCUT2D eigenvalue weighted by atomic mass is 16.8. The van der Waals surface area contributed by atoms with Crippen LogP contribution in [0.25, 0.3) is 0 Å². The third kappa shape index (κ3) is 2.23. The van der Waals surface area contributed by atoms with Gasteiger partial charge in [0.05, 0.1) is 0 Å². The van der Waals surface area contributed by atoms with E-state index in [2.05, 4.69) is 0 Å². The van der Waals surface area contributed by atoms with E-state index in [1.165, 1.54) is 0 Å². The lowest BCUT2D eigenvalue weighted by atomic mass is 9.90. The minimum absolute atomic E-state index is 0.528. The molecular formula is C17H16O4. The first-order valence-electron chi connectivity index (χ1n) is 6.75. The smallest absolute Gasteiger partial charge is 0.398 e. The highest BCUT2D eigenvalue weighted by Gasteiger charge is 2.70. The topological polar surface area (TPSA) is 44.8 Å². The minimum Gasteiger partial charge on any atom is -0.445 e. The predicted octanol–water partition coefficient (Wildman–Crippen LogP) is 3.18. The summed E-state index contributed by atoms with van der Waals surface area (Å²) in [7, 11) is 0. The molecule has 0 radical (unpaired) electrons. The largest absolute Gasteiger partial charge is 0.445 e. The molecule has 2 aromatic carbocycles. The maximum atomic E-state index is 12.1. The molecule has 21 heavy (non-hydrogen) atoms. The Labute approximate surface area is 123 Å². The van der Waals surface area contributed by atoms with Gasteiger partial charge in [-0.25, -0.2) is 4.79 Å². The Morgan fingerprint density at radius 3 is 1.57 bits per heavy atom. The molecule has 4 heteroatoms. The van der Waals surface area contributed by atoms with Crippen molar-refractivity contribution in [1.29, 1.82) is 0 Å². The van der Waals surface area contributed by atoms with Crippen molar-refractivity contribution in [3.05, 3.63) is 60.7 Å². The van der Waals surface area contributed by atoms with Crippen molar-refractivity contribution in [2.24, 2.45) is 0 Å². The van der Waals surface area contributed by atoms with Gasteiger partial charge in [-0.2, -0.15) is 0 Å². The molecule has 1 saturated heterocycles. The van der Waals surface area contributed by atoms with Gasteiger partial charge in [-0.1, -0.05) is 36.4 Å². The summed E-state index contributed by atoms with van der Waals surface area (Å²) >= 11 is 0. The molecule has 0 atom stereocenters. The van der Waals surface area contributed by atoms with Crippen LogP contribution in [0.2, 0.25) is 0 Å². The van der Waals surface area contributed by atoms with Crippen molar-refractivity contribution in [3.8, 4) is 11.5 Å². The van der Waals surface area contributed by atoms with E-state index in [-0.39, 0.29) is 0 Å². The number of benzene rings is 2. The van der Waals surface area contributed by atoms with Crippen LogP contribution >= 0.6 is 0 Å². The lowest BCUT2D eigenvalue weighted by Gasteiger charge is -2.50. The summed E-state index contributed by atoms with van der Waals surface area (Å²) < 4.78 is 16.9. The third-order valence-corrected chi connectivity index (χ3v) is 3.42. The summed E-state index contributed by atoms with van der Waals surface area (Å²) in [5, 5.41) is 0. The van der Waals surface area contributed by atoms with Gasteiger partial charge in [0.1, 0.15) is 11.5 Å². The van der Waals surface area contributed by atoms with Crippen molar-refractivity contribution in [3.63, 3.8) is 0 Å². The highest BCUT2D eigenvalue weighted by Crippen LogP contribution is 2.43. The third-order valence-electron chi connectivity index (χ3n) is 3.42. The average molecular weight is 284 g/mol. The first-order chi connectivity index (χ1) is 10.0. The van der Waals surface area contributed by atoms with Gasteiger partial charge >= 0.3 is 11.8 Å². The van der Waals surface area contributed by atoms with E-state index in [1.807, 2.05) is 36.4 Å². The van der Waals surface area contributed by atoms with Gasteiger partial charge < -0.3 is 14.2 Å². The maximum Gasteiger partial charge on any atom is 0.398 e. The molecule has 4 nitrogen and oxygen atoms in total. The molecule has 1 aliphatic heterocycles. The fourth-order valence-corrected chi connectivity index (χ4v) is 2.22. The summed E-state index contributed by atoms with van der Waals surface area (Å²) in [4.78, 5) is 12.1. The summed E-state index contributed by atoms with van der Waals surface area (Å²) in [6.45, 7) is 3.53. The first kappa shape index (κ1) is 13.5. The van der Waals surface area contributed by atoms with Crippen LogP contribution in [-0.2, 0) is 9.53 Å². The van der Waals surface area contributed by atoms with Gasteiger partial charge in [0.15, 0.2) is 5.60 Å². The Morgan fingerprint density at radius 2 is 1.24 bits per heavy atom. The summed E-state index contributed by atoms with van der Waals surface area (Å²) in [6, 6.07) is 18.2. The van der Waals surface area contributed by atoms with Crippen molar-refractivity contribution in [2.75, 3.05) is 0 Å². The molecule has 0 aliphatic carbocycles. The van der Waals surface area contributed by atoms with Crippen molar-refractivity contribution in [1.82, 2.24) is 0 Å². The zero-order valence-corrected chi connectivity index (χ0v) is 11.9. The molecule has 0 unspecified atom stereocenters. The second-order valence-corrected chi connectivity index (χ2v) is 5.35. The quantitative estimate of drug-likeness (QED) is 0.639. The highest BCUT2D eigenvalue weighted by molar-refractivity contribution is 5.86. The van der Waals surface area contributed by atoms with Crippen LogP contribution in [0.1, 0.15) is 13.8 Å². The second kappa shape index (κ2) is 4.81. The Balaban J connectivity index is 1.95. The van der Waals surface area contributed by atoms with E-state index in [0.29, 0.717) is 11.5 Å². The zero-order valence-electron chi connectivity index (χ0n) is 11.9. The second-order valence-electron chi connectivity index (χ2n) is 5.35. The van der Waals surface area contributed by atoms with Crippen LogP contribution in [0, 0.1) is 0 Å². The summed E-state index contributed by atoms with van der Waals surface area (Å²) in [5.74, 6) is -0.896. The Kier molecular flexibility index (Phi) is 3.09. The van der Waals surface area contributed by atoms with E-state index in [0.717, 1.165) is 0 Å². The standard InChI is InChI=1S/C17H16O4/c1-16(2)17(15(18)21-16,19-13-9-5-3-6-10-13)20-14-11-7-4-8-12-14/h3-12H,1-2H3. The maximum absolute atomic E-state index is 12.1. The lowest BCUT2D eigenvalue weighted by molar-refractivity contribution is -0.307. The number of para-hydroxylation sites is 2. The number of cyclic esters (lactones) is 1. The summed E-state index contributed by atoms with van der Waals surface area (Å²) in [5.41, 5.74) is -0.879. The molecule has 0 saturated carbocycles.